The second-order valence-electron chi connectivity index (χ2n) is 4.53. The van der Waals surface area contributed by atoms with E-state index in [-0.39, 0.29) is 0 Å². The summed E-state index contributed by atoms with van der Waals surface area (Å²) in [6.07, 6.45) is 2.53. The highest BCUT2D eigenvalue weighted by atomic mass is 15.1. The first kappa shape index (κ1) is 11.6. The Kier molecular flexibility index (Phi) is 4.46. The molecule has 0 radical (unpaired) electrons. The van der Waals surface area contributed by atoms with Gasteiger partial charge in [0.05, 0.1) is 0 Å². The largest absolute Gasteiger partial charge is 0.386 e. The summed E-state index contributed by atoms with van der Waals surface area (Å²) in [5, 5.41) is 3.54. The van der Waals surface area contributed by atoms with Gasteiger partial charge in [0.1, 0.15) is 0 Å². The molecule has 1 N–H and O–H groups in total. The highest BCUT2D eigenvalue weighted by Gasteiger charge is 2.18. The molecule has 0 aromatic heterocycles. The van der Waals surface area contributed by atoms with E-state index in [0.29, 0.717) is 12.0 Å². The summed E-state index contributed by atoms with van der Waals surface area (Å²) in [6.45, 7) is 14.3. The summed E-state index contributed by atoms with van der Waals surface area (Å²) < 4.78 is 0. The zero-order chi connectivity index (χ0) is 10.6. The van der Waals surface area contributed by atoms with Crippen LogP contribution in [0.3, 0.4) is 0 Å². The van der Waals surface area contributed by atoms with Crippen LogP contribution in [0.25, 0.3) is 0 Å². The summed E-state index contributed by atoms with van der Waals surface area (Å²) >= 11 is 0. The van der Waals surface area contributed by atoms with Crippen LogP contribution in [0.2, 0.25) is 0 Å². The van der Waals surface area contributed by atoms with Gasteiger partial charge in [-0.2, -0.15) is 0 Å². The van der Waals surface area contributed by atoms with Gasteiger partial charge in [0.25, 0.3) is 0 Å². The topological polar surface area (TPSA) is 15.3 Å². The van der Waals surface area contributed by atoms with Crippen LogP contribution in [-0.4, -0.2) is 30.6 Å². The van der Waals surface area contributed by atoms with E-state index in [4.69, 9.17) is 0 Å². The molecule has 0 spiro atoms. The Morgan fingerprint density at radius 2 is 2.00 bits per heavy atom. The molecule has 1 aliphatic rings. The first-order chi connectivity index (χ1) is 6.63. The van der Waals surface area contributed by atoms with Crippen molar-refractivity contribution in [1.82, 2.24) is 10.2 Å². The van der Waals surface area contributed by atoms with Gasteiger partial charge in [-0.3, -0.25) is 0 Å². The highest BCUT2D eigenvalue weighted by Crippen LogP contribution is 2.13. The van der Waals surface area contributed by atoms with E-state index in [1.165, 1.54) is 38.2 Å². The molecule has 0 atom stereocenters. The van der Waals surface area contributed by atoms with Crippen LogP contribution in [0.1, 0.15) is 33.6 Å². The molecule has 1 saturated heterocycles. The predicted octanol–water partition coefficient (Wildman–Crippen LogP) is 2.23. The normalized spacial score (nSPS) is 20.0. The number of hydrogen-bond acceptors (Lipinski definition) is 2. The third kappa shape index (κ3) is 3.33. The molecule has 2 heteroatoms. The second kappa shape index (κ2) is 5.40. The zero-order valence-electron chi connectivity index (χ0n) is 9.84. The van der Waals surface area contributed by atoms with Gasteiger partial charge in [-0.1, -0.05) is 27.4 Å². The minimum absolute atomic E-state index is 0.555. The van der Waals surface area contributed by atoms with Gasteiger partial charge in [-0.15, -0.1) is 0 Å². The molecule has 0 aliphatic carbocycles. The minimum Gasteiger partial charge on any atom is -0.386 e. The van der Waals surface area contributed by atoms with E-state index >= 15 is 0 Å². The number of allylic oxidation sites excluding steroid dienone is 1. The minimum atomic E-state index is 0.555. The van der Waals surface area contributed by atoms with Gasteiger partial charge in [-0.25, -0.2) is 0 Å². The Morgan fingerprint density at radius 1 is 1.43 bits per heavy atom. The maximum absolute atomic E-state index is 4.06. The van der Waals surface area contributed by atoms with Crippen molar-refractivity contribution in [1.29, 1.82) is 0 Å². The molecular formula is C12H24N2. The zero-order valence-corrected chi connectivity index (χ0v) is 9.84. The molecule has 0 bridgehead atoms. The van der Waals surface area contributed by atoms with Crippen molar-refractivity contribution in [3.05, 3.63) is 12.3 Å². The van der Waals surface area contributed by atoms with Crippen LogP contribution in [0, 0.1) is 5.92 Å². The van der Waals surface area contributed by atoms with E-state index < -0.39 is 0 Å². The molecule has 0 saturated carbocycles. The number of piperidine rings is 1. The first-order valence-corrected chi connectivity index (χ1v) is 5.81. The third-order valence-corrected chi connectivity index (χ3v) is 3.12. The van der Waals surface area contributed by atoms with Gasteiger partial charge in [0.2, 0.25) is 0 Å². The summed E-state index contributed by atoms with van der Waals surface area (Å²) in [6, 6.07) is 0.660. The highest BCUT2D eigenvalue weighted by molar-refractivity contribution is 4.97. The SMILES string of the molecule is C=C(NC1CCN(CC)CC1)C(C)C. The maximum Gasteiger partial charge on any atom is 0.0282 e. The summed E-state index contributed by atoms with van der Waals surface area (Å²) in [5.41, 5.74) is 1.19. The standard InChI is InChI=1S/C12H24N2/c1-5-14-8-6-12(7-9-14)13-11(4)10(2)3/h10,12-13H,4-9H2,1-3H3. The fourth-order valence-electron chi connectivity index (χ4n) is 1.82. The van der Waals surface area contributed by atoms with Crippen molar-refractivity contribution in [3.63, 3.8) is 0 Å². The quantitative estimate of drug-likeness (QED) is 0.742. The second-order valence-corrected chi connectivity index (χ2v) is 4.53. The Bertz CT molecular complexity index is 179. The van der Waals surface area contributed by atoms with Crippen molar-refractivity contribution >= 4 is 0 Å². The summed E-state index contributed by atoms with van der Waals surface area (Å²) in [5.74, 6) is 0.555. The number of hydrogen-bond donors (Lipinski definition) is 1. The average Bonchev–Trinajstić information content (AvgIpc) is 2.19. The predicted molar refractivity (Wildman–Crippen MR) is 62.2 cm³/mol. The van der Waals surface area contributed by atoms with E-state index in [9.17, 15) is 0 Å². The lowest BCUT2D eigenvalue weighted by Crippen LogP contribution is -2.42. The van der Waals surface area contributed by atoms with Gasteiger partial charge < -0.3 is 10.2 Å². The van der Waals surface area contributed by atoms with Crippen LogP contribution < -0.4 is 5.32 Å². The van der Waals surface area contributed by atoms with Crippen molar-refractivity contribution in [2.45, 2.75) is 39.7 Å². The molecule has 2 nitrogen and oxygen atoms in total. The molecule has 0 unspecified atom stereocenters. The van der Waals surface area contributed by atoms with E-state index in [0.717, 1.165) is 0 Å². The lowest BCUT2D eigenvalue weighted by atomic mass is 10.0. The van der Waals surface area contributed by atoms with Gasteiger partial charge in [-0.05, 0) is 25.3 Å². The molecule has 1 rings (SSSR count). The number of nitrogens with zero attached hydrogens (tertiary/aromatic N) is 1. The van der Waals surface area contributed by atoms with E-state index in [1.54, 1.807) is 0 Å². The summed E-state index contributed by atoms with van der Waals surface area (Å²) in [7, 11) is 0. The number of rotatable bonds is 4. The molecule has 1 heterocycles. The molecule has 1 fully saturated rings. The Labute approximate surface area is 88.4 Å². The van der Waals surface area contributed by atoms with Crippen LogP contribution in [0.15, 0.2) is 12.3 Å². The van der Waals surface area contributed by atoms with Crippen molar-refractivity contribution < 1.29 is 0 Å². The van der Waals surface area contributed by atoms with Crippen molar-refractivity contribution in [3.8, 4) is 0 Å². The molecule has 14 heavy (non-hydrogen) atoms. The van der Waals surface area contributed by atoms with Crippen LogP contribution in [0.5, 0.6) is 0 Å². The fraction of sp³-hybridized carbons (Fsp3) is 0.833. The smallest absolute Gasteiger partial charge is 0.0282 e. The lowest BCUT2D eigenvalue weighted by molar-refractivity contribution is 0.210. The van der Waals surface area contributed by atoms with Crippen LogP contribution in [0.4, 0.5) is 0 Å². The molecule has 82 valence electrons. The fourth-order valence-corrected chi connectivity index (χ4v) is 1.82. The lowest BCUT2D eigenvalue weighted by Gasteiger charge is -2.33. The Morgan fingerprint density at radius 3 is 2.43 bits per heavy atom. The average molecular weight is 196 g/mol. The van der Waals surface area contributed by atoms with Crippen LogP contribution >= 0.6 is 0 Å². The number of nitrogens with one attached hydrogen (secondary N) is 1. The van der Waals surface area contributed by atoms with E-state index in [2.05, 4.69) is 37.6 Å². The molecular weight excluding hydrogens is 172 g/mol. The van der Waals surface area contributed by atoms with Crippen molar-refractivity contribution in [2.75, 3.05) is 19.6 Å². The Balaban J connectivity index is 2.25. The van der Waals surface area contributed by atoms with E-state index in [1.807, 2.05) is 0 Å². The van der Waals surface area contributed by atoms with Gasteiger partial charge in [0.15, 0.2) is 0 Å². The van der Waals surface area contributed by atoms with Gasteiger partial charge >= 0.3 is 0 Å². The number of likely N-dealkylation sites (tertiary alicyclic amines) is 1. The van der Waals surface area contributed by atoms with Gasteiger partial charge in [0, 0.05) is 24.8 Å². The molecule has 0 aromatic carbocycles. The van der Waals surface area contributed by atoms with Crippen molar-refractivity contribution in [2.24, 2.45) is 5.92 Å². The summed E-state index contributed by atoms with van der Waals surface area (Å²) in [4.78, 5) is 2.51. The maximum atomic E-state index is 4.06. The molecule has 0 amide bonds. The molecule has 1 aliphatic heterocycles. The first-order valence-electron chi connectivity index (χ1n) is 5.81. The van der Waals surface area contributed by atoms with Crippen LogP contribution in [-0.2, 0) is 0 Å². The Hall–Kier alpha value is -0.500. The monoisotopic (exact) mass is 196 g/mol. The molecule has 0 aromatic rings. The third-order valence-electron chi connectivity index (χ3n) is 3.12.